The number of carbonyl (C=O) groups is 1. The van der Waals surface area contributed by atoms with Gasteiger partial charge in [-0.15, -0.1) is 0 Å². The molecule has 1 aromatic carbocycles. The lowest BCUT2D eigenvalue weighted by molar-refractivity contribution is -0.118. The summed E-state index contributed by atoms with van der Waals surface area (Å²) in [6, 6.07) is 9.93. The largest absolute Gasteiger partial charge is 0.369 e. The Bertz CT molecular complexity index is 1170. The second kappa shape index (κ2) is 9.12. The van der Waals surface area contributed by atoms with Crippen molar-refractivity contribution in [2.45, 2.75) is 12.3 Å². The van der Waals surface area contributed by atoms with E-state index in [9.17, 15) is 9.18 Å². The van der Waals surface area contributed by atoms with E-state index in [2.05, 4.69) is 30.5 Å². The van der Waals surface area contributed by atoms with Gasteiger partial charge in [-0.25, -0.2) is 14.4 Å². The van der Waals surface area contributed by atoms with Crippen LogP contribution < -0.4 is 11.1 Å². The molecule has 0 aliphatic heterocycles. The number of halogens is 1. The molecule has 4 aromatic rings. The summed E-state index contributed by atoms with van der Waals surface area (Å²) in [6.07, 6.45) is 8.66. The first-order valence-corrected chi connectivity index (χ1v) is 9.65. The van der Waals surface area contributed by atoms with Crippen molar-refractivity contribution in [3.63, 3.8) is 0 Å². The van der Waals surface area contributed by atoms with Gasteiger partial charge in [-0.2, -0.15) is 5.10 Å². The summed E-state index contributed by atoms with van der Waals surface area (Å²) >= 11 is 0. The van der Waals surface area contributed by atoms with Crippen molar-refractivity contribution in [3.05, 3.63) is 89.9 Å². The Kier molecular flexibility index (Phi) is 5.93. The third-order valence-corrected chi connectivity index (χ3v) is 4.78. The highest BCUT2D eigenvalue weighted by Gasteiger charge is 2.25. The van der Waals surface area contributed by atoms with Crippen LogP contribution in [-0.2, 0) is 11.2 Å². The first-order chi connectivity index (χ1) is 15.1. The van der Waals surface area contributed by atoms with E-state index in [4.69, 9.17) is 5.73 Å². The molecule has 1 atom stereocenters. The van der Waals surface area contributed by atoms with Gasteiger partial charge in [0.2, 0.25) is 5.91 Å². The molecule has 4 N–H and O–H groups in total. The minimum absolute atomic E-state index is 0.284. The van der Waals surface area contributed by atoms with Crippen LogP contribution in [-0.4, -0.2) is 37.6 Å². The lowest BCUT2D eigenvalue weighted by Crippen LogP contribution is -2.24. The van der Waals surface area contributed by atoms with Crippen LogP contribution in [0, 0.1) is 5.82 Å². The van der Waals surface area contributed by atoms with E-state index in [1.807, 2.05) is 6.07 Å². The number of amides is 1. The van der Waals surface area contributed by atoms with E-state index < -0.39 is 11.8 Å². The van der Waals surface area contributed by atoms with Crippen LogP contribution in [0.25, 0.3) is 11.4 Å². The number of hydrogen-bond donors (Lipinski definition) is 3. The lowest BCUT2D eigenvalue weighted by Gasteiger charge is -2.18. The maximum Gasteiger partial charge on any atom is 0.229 e. The smallest absolute Gasteiger partial charge is 0.229 e. The van der Waals surface area contributed by atoms with Crippen LogP contribution >= 0.6 is 0 Å². The Hall–Kier alpha value is -4.14. The van der Waals surface area contributed by atoms with Crippen molar-refractivity contribution < 1.29 is 9.18 Å². The van der Waals surface area contributed by atoms with E-state index in [0.717, 1.165) is 5.56 Å². The van der Waals surface area contributed by atoms with E-state index in [1.54, 1.807) is 49.2 Å². The van der Waals surface area contributed by atoms with Crippen molar-refractivity contribution in [1.82, 2.24) is 25.1 Å². The summed E-state index contributed by atoms with van der Waals surface area (Å²) < 4.78 is 13.5. The number of nitrogens with one attached hydrogen (secondary N) is 2. The van der Waals surface area contributed by atoms with Gasteiger partial charge in [-0.05, 0) is 35.7 Å². The highest BCUT2D eigenvalue weighted by Crippen LogP contribution is 2.30. The van der Waals surface area contributed by atoms with E-state index >= 15 is 0 Å². The molecule has 0 aliphatic rings. The Morgan fingerprint density at radius 3 is 2.81 bits per heavy atom. The summed E-state index contributed by atoms with van der Waals surface area (Å²) in [6.45, 7) is 0.469. The zero-order chi connectivity index (χ0) is 21.6. The number of nitrogens with two attached hydrogens (primary N) is 1. The highest BCUT2D eigenvalue weighted by molar-refractivity contribution is 5.87. The molecule has 31 heavy (non-hydrogen) atoms. The summed E-state index contributed by atoms with van der Waals surface area (Å²) in [4.78, 5) is 25.5. The molecular weight excluding hydrogens is 397 g/mol. The molecule has 1 unspecified atom stereocenters. The predicted octanol–water partition coefficient (Wildman–Crippen LogP) is 2.67. The van der Waals surface area contributed by atoms with Gasteiger partial charge in [-0.1, -0.05) is 18.2 Å². The number of hydrogen-bond acceptors (Lipinski definition) is 6. The standard InChI is InChI=1S/C22H20FN7O/c23-17-5-1-3-14(9-17)6-8-26-22-18(13-27-21(30-22)16-11-28-29-12-16)19(20(24)31)15-4-2-7-25-10-15/h1-5,7,9-13,19H,6,8H2,(H2,24,31)(H,28,29)(H,26,27,30). The molecule has 4 rings (SSSR count). The topological polar surface area (TPSA) is 122 Å². The minimum Gasteiger partial charge on any atom is -0.369 e. The van der Waals surface area contributed by atoms with Crippen LogP contribution in [0.2, 0.25) is 0 Å². The Morgan fingerprint density at radius 1 is 1.19 bits per heavy atom. The van der Waals surface area contributed by atoms with Crippen molar-refractivity contribution in [2.24, 2.45) is 5.73 Å². The molecule has 8 nitrogen and oxygen atoms in total. The number of nitrogens with zero attached hydrogens (tertiary/aromatic N) is 4. The van der Waals surface area contributed by atoms with Gasteiger partial charge in [0.15, 0.2) is 5.82 Å². The highest BCUT2D eigenvalue weighted by atomic mass is 19.1. The van der Waals surface area contributed by atoms with Gasteiger partial charge >= 0.3 is 0 Å². The van der Waals surface area contributed by atoms with Gasteiger partial charge < -0.3 is 11.1 Å². The maximum atomic E-state index is 13.5. The molecule has 3 aromatic heterocycles. The molecule has 0 bridgehead atoms. The van der Waals surface area contributed by atoms with Crippen molar-refractivity contribution in [3.8, 4) is 11.4 Å². The average molecular weight is 417 g/mol. The zero-order valence-corrected chi connectivity index (χ0v) is 16.5. The summed E-state index contributed by atoms with van der Waals surface area (Å²) in [5, 5.41) is 9.92. The van der Waals surface area contributed by atoms with E-state index in [1.165, 1.54) is 12.1 Å². The molecule has 9 heteroatoms. The Labute approximate surface area is 177 Å². The lowest BCUT2D eigenvalue weighted by atomic mass is 9.93. The molecule has 1 amide bonds. The van der Waals surface area contributed by atoms with E-state index in [-0.39, 0.29) is 5.82 Å². The third kappa shape index (κ3) is 4.72. The first-order valence-electron chi connectivity index (χ1n) is 9.65. The number of rotatable bonds is 8. The van der Waals surface area contributed by atoms with Crippen LogP contribution in [0.15, 0.2) is 67.4 Å². The van der Waals surface area contributed by atoms with Crippen LogP contribution in [0.1, 0.15) is 22.6 Å². The fourth-order valence-corrected chi connectivity index (χ4v) is 3.32. The monoisotopic (exact) mass is 417 g/mol. The quantitative estimate of drug-likeness (QED) is 0.405. The molecule has 0 aliphatic carbocycles. The van der Waals surface area contributed by atoms with Crippen LogP contribution in [0.4, 0.5) is 10.2 Å². The molecule has 156 valence electrons. The number of primary amides is 1. The second-order valence-electron chi connectivity index (χ2n) is 6.91. The maximum absolute atomic E-state index is 13.5. The molecule has 0 saturated carbocycles. The van der Waals surface area contributed by atoms with Gasteiger partial charge in [-0.3, -0.25) is 14.9 Å². The van der Waals surface area contributed by atoms with Gasteiger partial charge in [0.25, 0.3) is 0 Å². The van der Waals surface area contributed by atoms with Crippen molar-refractivity contribution >= 4 is 11.7 Å². The SMILES string of the molecule is NC(=O)C(c1cccnc1)c1cnc(-c2cn[nH]c2)nc1NCCc1cccc(F)c1. The van der Waals surface area contributed by atoms with Crippen molar-refractivity contribution in [2.75, 3.05) is 11.9 Å². The number of benzene rings is 1. The van der Waals surface area contributed by atoms with Gasteiger partial charge in [0, 0.05) is 36.9 Å². The summed E-state index contributed by atoms with van der Waals surface area (Å²) in [5.74, 6) is -0.687. The summed E-state index contributed by atoms with van der Waals surface area (Å²) in [7, 11) is 0. The number of anilines is 1. The number of H-pyrrole nitrogens is 1. The number of carbonyl (C=O) groups excluding carboxylic acids is 1. The number of aromatic amines is 1. The molecule has 0 spiro atoms. The molecule has 0 saturated heterocycles. The number of pyridine rings is 1. The van der Waals surface area contributed by atoms with Crippen molar-refractivity contribution in [1.29, 1.82) is 0 Å². The molecule has 0 radical (unpaired) electrons. The van der Waals surface area contributed by atoms with E-state index in [0.29, 0.717) is 41.3 Å². The third-order valence-electron chi connectivity index (χ3n) is 4.78. The summed E-state index contributed by atoms with van der Waals surface area (Å²) in [5.41, 5.74) is 8.46. The first kappa shape index (κ1) is 20.1. The van der Waals surface area contributed by atoms with Gasteiger partial charge in [0.1, 0.15) is 11.6 Å². The van der Waals surface area contributed by atoms with Gasteiger partial charge in [0.05, 0.1) is 17.7 Å². The molecule has 3 heterocycles. The molecule has 0 fully saturated rings. The second-order valence-corrected chi connectivity index (χ2v) is 6.91. The Balaban J connectivity index is 1.67. The minimum atomic E-state index is -0.774. The fraction of sp³-hybridized carbons (Fsp3) is 0.136. The predicted molar refractivity (Wildman–Crippen MR) is 113 cm³/mol. The van der Waals surface area contributed by atoms with Crippen LogP contribution in [0.5, 0.6) is 0 Å². The number of aromatic nitrogens is 5. The normalized spacial score (nSPS) is 11.8. The fourth-order valence-electron chi connectivity index (χ4n) is 3.32. The van der Waals surface area contributed by atoms with Crippen LogP contribution in [0.3, 0.4) is 0 Å². The molecular formula is C22H20FN7O. The zero-order valence-electron chi connectivity index (χ0n) is 16.5. The average Bonchev–Trinajstić information content (AvgIpc) is 3.30. The Morgan fingerprint density at radius 2 is 2.10 bits per heavy atom.